The molecule has 0 unspecified atom stereocenters. The Hall–Kier alpha value is -1.31. The monoisotopic (exact) mass is 177 g/mol. The van der Waals surface area contributed by atoms with Crippen LogP contribution in [-0.4, -0.2) is 12.8 Å². The minimum absolute atomic E-state index is 0.910. The molecular formula is C11H15NO. The van der Waals surface area contributed by atoms with Gasteiger partial charge in [0.1, 0.15) is 5.75 Å². The van der Waals surface area contributed by atoms with Crippen molar-refractivity contribution in [3.8, 4) is 5.75 Å². The lowest BCUT2D eigenvalue weighted by Gasteiger charge is -2.04. The first-order chi connectivity index (χ1) is 6.13. The van der Waals surface area contributed by atoms with E-state index >= 15 is 0 Å². The van der Waals surface area contributed by atoms with Crippen LogP contribution in [0.3, 0.4) is 0 Å². The van der Waals surface area contributed by atoms with Gasteiger partial charge < -0.3 is 4.74 Å². The van der Waals surface area contributed by atoms with Crippen molar-refractivity contribution in [2.75, 3.05) is 7.11 Å². The second-order valence-electron chi connectivity index (χ2n) is 3.21. The molecule has 1 aromatic rings. The van der Waals surface area contributed by atoms with Crippen molar-refractivity contribution < 1.29 is 4.74 Å². The minimum Gasteiger partial charge on any atom is -0.496 e. The highest BCUT2D eigenvalue weighted by Crippen LogP contribution is 2.23. The van der Waals surface area contributed by atoms with E-state index in [0.717, 1.165) is 22.7 Å². The molecule has 13 heavy (non-hydrogen) atoms. The molecule has 0 radical (unpaired) electrons. The van der Waals surface area contributed by atoms with E-state index in [1.54, 1.807) is 7.11 Å². The highest BCUT2D eigenvalue weighted by Gasteiger charge is 1.97. The summed E-state index contributed by atoms with van der Waals surface area (Å²) in [6.45, 7) is 5.99. The number of hydrogen-bond donors (Lipinski definition) is 0. The normalized spacial score (nSPS) is 9.54. The van der Waals surface area contributed by atoms with Crippen LogP contribution in [0.5, 0.6) is 5.75 Å². The van der Waals surface area contributed by atoms with Crippen molar-refractivity contribution in [3.63, 3.8) is 0 Å². The van der Waals surface area contributed by atoms with Crippen molar-refractivity contribution in [1.29, 1.82) is 0 Å². The van der Waals surface area contributed by atoms with Gasteiger partial charge in [0, 0.05) is 5.71 Å². The van der Waals surface area contributed by atoms with Crippen LogP contribution in [0, 0.1) is 6.92 Å². The van der Waals surface area contributed by atoms with Gasteiger partial charge >= 0.3 is 0 Å². The highest BCUT2D eigenvalue weighted by atomic mass is 16.5. The molecule has 0 amide bonds. The molecule has 1 rings (SSSR count). The molecule has 0 aliphatic carbocycles. The first kappa shape index (κ1) is 9.78. The summed E-state index contributed by atoms with van der Waals surface area (Å²) in [5.41, 5.74) is 3.16. The lowest BCUT2D eigenvalue weighted by molar-refractivity contribution is 0.412. The van der Waals surface area contributed by atoms with Crippen molar-refractivity contribution in [1.82, 2.24) is 0 Å². The molecule has 0 aromatic heterocycles. The molecule has 0 heterocycles. The SMILES string of the molecule is COc1ccc(N=C(C)C)cc1C. The summed E-state index contributed by atoms with van der Waals surface area (Å²) in [6, 6.07) is 5.92. The number of aliphatic imine (C=N–C) groups is 1. The summed E-state index contributed by atoms with van der Waals surface area (Å²) in [5.74, 6) is 0.910. The van der Waals surface area contributed by atoms with Gasteiger partial charge in [-0.2, -0.15) is 0 Å². The molecule has 0 saturated heterocycles. The third-order valence-corrected chi connectivity index (χ3v) is 1.73. The molecule has 0 N–H and O–H groups in total. The summed E-state index contributed by atoms with van der Waals surface area (Å²) in [7, 11) is 1.68. The Morgan fingerprint density at radius 3 is 2.46 bits per heavy atom. The molecule has 70 valence electrons. The summed E-state index contributed by atoms with van der Waals surface area (Å²) in [4.78, 5) is 4.36. The van der Waals surface area contributed by atoms with Gasteiger partial charge in [0.25, 0.3) is 0 Å². The molecule has 2 nitrogen and oxygen atoms in total. The van der Waals surface area contributed by atoms with E-state index < -0.39 is 0 Å². The van der Waals surface area contributed by atoms with E-state index in [0.29, 0.717) is 0 Å². The van der Waals surface area contributed by atoms with Crippen molar-refractivity contribution >= 4 is 11.4 Å². The number of methoxy groups -OCH3 is 1. The average molecular weight is 177 g/mol. The Labute approximate surface area is 79.3 Å². The fraction of sp³-hybridized carbons (Fsp3) is 0.364. The third-order valence-electron chi connectivity index (χ3n) is 1.73. The summed E-state index contributed by atoms with van der Waals surface area (Å²) < 4.78 is 5.16. The molecular weight excluding hydrogens is 162 g/mol. The molecule has 0 spiro atoms. The Balaban J connectivity index is 3.03. The largest absolute Gasteiger partial charge is 0.496 e. The highest BCUT2D eigenvalue weighted by molar-refractivity contribution is 5.82. The lowest BCUT2D eigenvalue weighted by atomic mass is 10.2. The average Bonchev–Trinajstić information content (AvgIpc) is 2.03. The Bertz CT molecular complexity index is 325. The zero-order valence-corrected chi connectivity index (χ0v) is 8.59. The fourth-order valence-electron chi connectivity index (χ4n) is 1.19. The van der Waals surface area contributed by atoms with Crippen LogP contribution in [0.25, 0.3) is 0 Å². The van der Waals surface area contributed by atoms with Gasteiger partial charge in [-0.15, -0.1) is 0 Å². The molecule has 0 aliphatic heterocycles. The smallest absolute Gasteiger partial charge is 0.121 e. The van der Waals surface area contributed by atoms with Gasteiger partial charge in [-0.3, -0.25) is 4.99 Å². The summed E-state index contributed by atoms with van der Waals surface area (Å²) in [5, 5.41) is 0. The van der Waals surface area contributed by atoms with Crippen LogP contribution in [0.2, 0.25) is 0 Å². The number of nitrogens with zero attached hydrogens (tertiary/aromatic N) is 1. The first-order valence-electron chi connectivity index (χ1n) is 4.30. The predicted octanol–water partition coefficient (Wildman–Crippen LogP) is 3.12. The molecule has 0 bridgehead atoms. The van der Waals surface area contributed by atoms with Crippen LogP contribution in [-0.2, 0) is 0 Å². The van der Waals surface area contributed by atoms with Crippen molar-refractivity contribution in [2.24, 2.45) is 4.99 Å². The molecule has 0 atom stereocenters. The van der Waals surface area contributed by atoms with E-state index in [1.807, 2.05) is 39.0 Å². The van der Waals surface area contributed by atoms with Crippen molar-refractivity contribution in [2.45, 2.75) is 20.8 Å². The summed E-state index contributed by atoms with van der Waals surface area (Å²) in [6.07, 6.45) is 0. The lowest BCUT2D eigenvalue weighted by Crippen LogP contribution is -1.86. The Morgan fingerprint density at radius 2 is 2.00 bits per heavy atom. The van der Waals surface area contributed by atoms with Crippen LogP contribution < -0.4 is 4.74 Å². The van der Waals surface area contributed by atoms with Crippen molar-refractivity contribution in [3.05, 3.63) is 23.8 Å². The molecule has 0 aliphatic rings. The quantitative estimate of drug-likeness (QED) is 0.636. The van der Waals surface area contributed by atoms with E-state index in [9.17, 15) is 0 Å². The van der Waals surface area contributed by atoms with Crippen LogP contribution >= 0.6 is 0 Å². The molecule has 0 saturated carbocycles. The maximum Gasteiger partial charge on any atom is 0.121 e. The number of aryl methyl sites for hydroxylation is 1. The Kier molecular flexibility index (Phi) is 3.07. The molecule has 2 heteroatoms. The second-order valence-corrected chi connectivity index (χ2v) is 3.21. The maximum atomic E-state index is 5.16. The van der Waals surface area contributed by atoms with Gasteiger partial charge in [-0.1, -0.05) is 0 Å². The third kappa shape index (κ3) is 2.58. The number of benzene rings is 1. The number of rotatable bonds is 2. The number of ether oxygens (including phenoxy) is 1. The van der Waals surface area contributed by atoms with Gasteiger partial charge in [0.15, 0.2) is 0 Å². The standard InChI is InChI=1S/C11H15NO/c1-8(2)12-10-5-6-11(13-4)9(3)7-10/h5-7H,1-4H3. The molecule has 1 aromatic carbocycles. The van der Waals surface area contributed by atoms with Gasteiger partial charge in [-0.25, -0.2) is 0 Å². The maximum absolute atomic E-state index is 5.16. The first-order valence-corrected chi connectivity index (χ1v) is 4.30. The summed E-state index contributed by atoms with van der Waals surface area (Å²) >= 11 is 0. The van der Waals surface area contributed by atoms with Crippen LogP contribution in [0.1, 0.15) is 19.4 Å². The van der Waals surface area contributed by atoms with Gasteiger partial charge in [0.05, 0.1) is 12.8 Å². The predicted molar refractivity (Wildman–Crippen MR) is 56.2 cm³/mol. The van der Waals surface area contributed by atoms with Gasteiger partial charge in [-0.05, 0) is 44.5 Å². The topological polar surface area (TPSA) is 21.6 Å². The second kappa shape index (κ2) is 4.08. The van der Waals surface area contributed by atoms with Crippen LogP contribution in [0.4, 0.5) is 5.69 Å². The van der Waals surface area contributed by atoms with E-state index in [4.69, 9.17) is 4.74 Å². The minimum atomic E-state index is 0.910. The fourth-order valence-corrected chi connectivity index (χ4v) is 1.19. The number of hydrogen-bond acceptors (Lipinski definition) is 2. The van der Waals surface area contributed by atoms with E-state index in [1.165, 1.54) is 0 Å². The van der Waals surface area contributed by atoms with Gasteiger partial charge in [0.2, 0.25) is 0 Å². The van der Waals surface area contributed by atoms with E-state index in [-0.39, 0.29) is 0 Å². The van der Waals surface area contributed by atoms with Crippen LogP contribution in [0.15, 0.2) is 23.2 Å². The zero-order valence-electron chi connectivity index (χ0n) is 8.59. The molecule has 0 fully saturated rings. The Morgan fingerprint density at radius 1 is 1.31 bits per heavy atom. The van der Waals surface area contributed by atoms with E-state index in [2.05, 4.69) is 4.99 Å². The zero-order chi connectivity index (χ0) is 9.84.